The Morgan fingerprint density at radius 2 is 1.76 bits per heavy atom. The van der Waals surface area contributed by atoms with Crippen LogP contribution in [0.15, 0.2) is 47.4 Å². The number of nitrogens with zero attached hydrogens (tertiary/aromatic N) is 2. The van der Waals surface area contributed by atoms with Crippen LogP contribution in [0.1, 0.15) is 55.9 Å². The number of carbonyl (C=O) groups is 2. The highest BCUT2D eigenvalue weighted by Gasteiger charge is 2.40. The van der Waals surface area contributed by atoms with Gasteiger partial charge in [-0.05, 0) is 53.6 Å². The molecule has 0 aromatic heterocycles. The lowest BCUT2D eigenvalue weighted by Crippen LogP contribution is -2.61. The fourth-order valence-corrected chi connectivity index (χ4v) is 5.76. The van der Waals surface area contributed by atoms with Crippen LogP contribution in [0, 0.1) is 6.92 Å². The molecule has 1 aliphatic heterocycles. The molecule has 0 bridgehead atoms. The zero-order valence-corrected chi connectivity index (χ0v) is 21.5. The molecule has 1 aliphatic rings. The summed E-state index contributed by atoms with van der Waals surface area (Å²) in [6.07, 6.45) is 0.932. The molecule has 2 amide bonds. The lowest BCUT2D eigenvalue weighted by molar-refractivity contribution is -0.134. The van der Waals surface area contributed by atoms with E-state index in [1.54, 1.807) is 24.3 Å². The summed E-state index contributed by atoms with van der Waals surface area (Å²) >= 11 is 0. The summed E-state index contributed by atoms with van der Waals surface area (Å²) in [7, 11) is -3.91. The van der Waals surface area contributed by atoms with Gasteiger partial charge >= 0.3 is 0 Å². The molecular formula is C26H35N3O4S. The number of rotatable bonds is 7. The zero-order valence-electron chi connectivity index (χ0n) is 20.7. The largest absolute Gasteiger partial charge is 0.351 e. The molecule has 1 fully saturated rings. The number of carbonyl (C=O) groups excluding carboxylic acids is 2. The van der Waals surface area contributed by atoms with Crippen LogP contribution in [0.5, 0.6) is 0 Å². The Bertz CT molecular complexity index is 1140. The first-order valence-corrected chi connectivity index (χ1v) is 13.2. The van der Waals surface area contributed by atoms with Crippen molar-refractivity contribution in [1.82, 2.24) is 14.5 Å². The quantitative estimate of drug-likeness (QED) is 0.652. The lowest BCUT2D eigenvalue weighted by atomic mass is 10.0. The summed E-state index contributed by atoms with van der Waals surface area (Å²) in [6, 6.07) is 11.9. The molecule has 1 heterocycles. The minimum absolute atomic E-state index is 0.0260. The highest BCUT2D eigenvalue weighted by Crippen LogP contribution is 2.24. The molecule has 0 saturated carbocycles. The van der Waals surface area contributed by atoms with E-state index in [-0.39, 0.29) is 36.4 Å². The summed E-state index contributed by atoms with van der Waals surface area (Å²) < 4.78 is 28.2. The van der Waals surface area contributed by atoms with Gasteiger partial charge < -0.3 is 10.2 Å². The third kappa shape index (κ3) is 5.67. The number of nitrogens with one attached hydrogen (secondary N) is 1. The predicted molar refractivity (Wildman–Crippen MR) is 133 cm³/mol. The summed E-state index contributed by atoms with van der Waals surface area (Å²) in [5.74, 6) is -0.307. The molecule has 7 nitrogen and oxygen atoms in total. The molecule has 1 saturated heterocycles. The SMILES string of the molecule is CCc1ccc(CNC(=O)[C@H]2CN(C(C)=O)CCN2S(=O)(=O)c2ccc(C(C)C)cc2)c(C)c1. The first-order valence-electron chi connectivity index (χ1n) is 11.8. The van der Waals surface area contributed by atoms with Crippen molar-refractivity contribution in [2.45, 2.75) is 64.4 Å². The van der Waals surface area contributed by atoms with Gasteiger partial charge in [0.1, 0.15) is 6.04 Å². The van der Waals surface area contributed by atoms with Crippen molar-refractivity contribution < 1.29 is 18.0 Å². The molecule has 34 heavy (non-hydrogen) atoms. The predicted octanol–water partition coefficient (Wildman–Crippen LogP) is 3.22. The minimum Gasteiger partial charge on any atom is -0.351 e. The van der Waals surface area contributed by atoms with Crippen molar-refractivity contribution >= 4 is 21.8 Å². The van der Waals surface area contributed by atoms with E-state index in [0.29, 0.717) is 6.54 Å². The van der Waals surface area contributed by atoms with Crippen molar-refractivity contribution in [3.05, 3.63) is 64.7 Å². The van der Waals surface area contributed by atoms with Gasteiger partial charge in [-0.1, -0.05) is 51.1 Å². The van der Waals surface area contributed by atoms with Crippen LogP contribution in [-0.4, -0.2) is 55.1 Å². The first kappa shape index (κ1) is 25.9. The molecule has 1 N–H and O–H groups in total. The van der Waals surface area contributed by atoms with Crippen LogP contribution in [-0.2, 0) is 32.6 Å². The highest BCUT2D eigenvalue weighted by molar-refractivity contribution is 7.89. The molecule has 2 aromatic carbocycles. The number of amides is 2. The number of hydrogen-bond acceptors (Lipinski definition) is 4. The van der Waals surface area contributed by atoms with Gasteiger partial charge in [-0.15, -0.1) is 0 Å². The maximum absolute atomic E-state index is 13.5. The van der Waals surface area contributed by atoms with Gasteiger partial charge in [0.25, 0.3) is 0 Å². The van der Waals surface area contributed by atoms with Gasteiger partial charge in [0, 0.05) is 33.1 Å². The molecule has 3 rings (SSSR count). The van der Waals surface area contributed by atoms with E-state index in [1.165, 1.54) is 21.7 Å². The average molecular weight is 486 g/mol. The molecule has 1 atom stereocenters. The van der Waals surface area contributed by atoms with Crippen molar-refractivity contribution in [2.75, 3.05) is 19.6 Å². The van der Waals surface area contributed by atoms with Crippen LogP contribution in [0.4, 0.5) is 0 Å². The van der Waals surface area contributed by atoms with Gasteiger partial charge in [0.2, 0.25) is 21.8 Å². The van der Waals surface area contributed by atoms with Gasteiger partial charge in [0.15, 0.2) is 0 Å². The molecule has 0 radical (unpaired) electrons. The Hall–Kier alpha value is -2.71. The van der Waals surface area contributed by atoms with Gasteiger partial charge in [-0.2, -0.15) is 4.31 Å². The number of sulfonamides is 1. The molecule has 184 valence electrons. The van der Waals surface area contributed by atoms with Crippen LogP contribution in [0.25, 0.3) is 0 Å². The fourth-order valence-electron chi connectivity index (χ4n) is 4.19. The lowest BCUT2D eigenvalue weighted by Gasteiger charge is -2.39. The van der Waals surface area contributed by atoms with E-state index >= 15 is 0 Å². The van der Waals surface area contributed by atoms with E-state index < -0.39 is 22.0 Å². The second-order valence-electron chi connectivity index (χ2n) is 9.15. The topological polar surface area (TPSA) is 86.8 Å². The highest BCUT2D eigenvalue weighted by atomic mass is 32.2. The van der Waals surface area contributed by atoms with E-state index in [4.69, 9.17) is 0 Å². The number of piperazine rings is 1. The smallest absolute Gasteiger partial charge is 0.243 e. The Morgan fingerprint density at radius 1 is 1.09 bits per heavy atom. The Morgan fingerprint density at radius 3 is 2.32 bits per heavy atom. The zero-order chi connectivity index (χ0) is 25.0. The Labute approximate surface area is 203 Å². The third-order valence-corrected chi connectivity index (χ3v) is 8.42. The van der Waals surface area contributed by atoms with E-state index in [1.807, 2.05) is 32.9 Å². The number of hydrogen-bond donors (Lipinski definition) is 1. The fraction of sp³-hybridized carbons (Fsp3) is 0.462. The van der Waals surface area contributed by atoms with Crippen LogP contribution in [0.2, 0.25) is 0 Å². The van der Waals surface area contributed by atoms with Crippen molar-refractivity contribution in [3.63, 3.8) is 0 Å². The van der Waals surface area contributed by atoms with Crippen LogP contribution < -0.4 is 5.32 Å². The molecular weight excluding hydrogens is 450 g/mol. The normalized spacial score (nSPS) is 17.1. The van der Waals surface area contributed by atoms with Crippen molar-refractivity contribution in [2.24, 2.45) is 0 Å². The summed E-state index contributed by atoms with van der Waals surface area (Å²) in [5, 5.41) is 2.90. The minimum atomic E-state index is -3.91. The van der Waals surface area contributed by atoms with Crippen LogP contribution >= 0.6 is 0 Å². The second kappa shape index (κ2) is 10.7. The Kier molecular flexibility index (Phi) is 8.15. The van der Waals surface area contributed by atoms with Gasteiger partial charge in [-0.3, -0.25) is 9.59 Å². The van der Waals surface area contributed by atoms with E-state index in [0.717, 1.165) is 23.1 Å². The average Bonchev–Trinajstić information content (AvgIpc) is 2.82. The molecule has 8 heteroatoms. The number of benzene rings is 2. The maximum Gasteiger partial charge on any atom is 0.243 e. The van der Waals surface area contributed by atoms with Crippen molar-refractivity contribution in [1.29, 1.82) is 0 Å². The van der Waals surface area contributed by atoms with E-state index in [9.17, 15) is 18.0 Å². The monoisotopic (exact) mass is 485 g/mol. The van der Waals surface area contributed by atoms with E-state index in [2.05, 4.69) is 18.3 Å². The second-order valence-corrected chi connectivity index (χ2v) is 11.0. The molecule has 0 aliphatic carbocycles. The van der Waals surface area contributed by atoms with Gasteiger partial charge in [-0.25, -0.2) is 8.42 Å². The first-order chi connectivity index (χ1) is 16.0. The standard InChI is InChI=1S/C26H35N3O4S/c1-6-21-7-8-23(19(4)15-21)16-27-26(31)25-17-28(20(5)30)13-14-29(25)34(32,33)24-11-9-22(10-12-24)18(2)3/h7-12,15,18,25H,6,13-14,16-17H2,1-5H3,(H,27,31)/t25-/m1/s1. The molecule has 2 aromatic rings. The maximum atomic E-state index is 13.5. The van der Waals surface area contributed by atoms with Crippen molar-refractivity contribution in [3.8, 4) is 0 Å². The summed E-state index contributed by atoms with van der Waals surface area (Å²) in [4.78, 5) is 26.9. The number of aryl methyl sites for hydroxylation is 2. The molecule has 0 spiro atoms. The summed E-state index contributed by atoms with van der Waals surface area (Å²) in [5.41, 5.74) is 4.31. The Balaban J connectivity index is 1.84. The molecule has 0 unspecified atom stereocenters. The van der Waals surface area contributed by atoms with Gasteiger partial charge in [0.05, 0.1) is 4.90 Å². The third-order valence-electron chi connectivity index (χ3n) is 6.50. The summed E-state index contributed by atoms with van der Waals surface area (Å²) in [6.45, 7) is 10.2. The van der Waals surface area contributed by atoms with Crippen LogP contribution in [0.3, 0.4) is 0 Å².